The van der Waals surface area contributed by atoms with Crippen LogP contribution in [0.25, 0.3) is 0 Å². The number of fused-ring (bicyclic) bond motifs is 2. The summed E-state index contributed by atoms with van der Waals surface area (Å²) in [5, 5.41) is 0. The number of amides is 1. The van der Waals surface area contributed by atoms with E-state index in [1.807, 2.05) is 103 Å². The van der Waals surface area contributed by atoms with E-state index in [4.69, 9.17) is 14.5 Å². The highest BCUT2D eigenvalue weighted by Crippen LogP contribution is 2.49. The molecular formula is C36H34N2O4. The number of carbonyl (C=O) groups excluding carboxylic acids is 2. The largest absolute Gasteiger partial charge is 0.493 e. The summed E-state index contributed by atoms with van der Waals surface area (Å²) in [6, 6.07) is 31.9. The molecule has 0 aromatic heterocycles. The van der Waals surface area contributed by atoms with Crippen LogP contribution < -0.4 is 14.4 Å². The topological polar surface area (TPSA) is 68.2 Å². The first kappa shape index (κ1) is 27.5. The molecule has 1 saturated carbocycles. The van der Waals surface area contributed by atoms with Crippen molar-refractivity contribution >= 4 is 28.8 Å². The second kappa shape index (κ2) is 11.3. The minimum absolute atomic E-state index is 0.0806. The maximum atomic E-state index is 14.4. The highest BCUT2D eigenvalue weighted by Gasteiger charge is 2.48. The minimum Gasteiger partial charge on any atom is -0.493 e. The number of rotatable bonds is 6. The standard InChI is InChI=1S/C36H34N2O4/c1-36(2)21-28-33(30(39)22-36)34(26-18-19-31(32(20-26)41-3)42-23-24-12-6-4-7-13-24)38(29-17-11-10-16-27(29)37-28)35(40)25-14-8-5-9-15-25/h4-20,33-34H,21-23H2,1-3H3/t33-,34-/m1/s1. The van der Waals surface area contributed by atoms with Gasteiger partial charge < -0.3 is 9.47 Å². The third-order valence-corrected chi connectivity index (χ3v) is 8.02. The highest BCUT2D eigenvalue weighted by atomic mass is 16.5. The number of hydrogen-bond donors (Lipinski definition) is 0. The lowest BCUT2D eigenvalue weighted by Gasteiger charge is -2.41. The number of ketones is 1. The van der Waals surface area contributed by atoms with Gasteiger partial charge in [-0.3, -0.25) is 19.5 Å². The molecule has 1 fully saturated rings. The number of anilines is 1. The van der Waals surface area contributed by atoms with Gasteiger partial charge in [0.25, 0.3) is 5.91 Å². The number of para-hydroxylation sites is 2. The van der Waals surface area contributed by atoms with Gasteiger partial charge in [0.1, 0.15) is 12.4 Å². The Morgan fingerprint density at radius 1 is 0.881 bits per heavy atom. The fraction of sp³-hybridized carbons (Fsp3) is 0.250. The number of hydrogen-bond acceptors (Lipinski definition) is 5. The molecule has 6 heteroatoms. The Balaban J connectivity index is 1.49. The molecule has 0 spiro atoms. The number of Topliss-reactive ketones (excluding diaryl/α,β-unsaturated/α-hetero) is 1. The average Bonchev–Trinajstić information content (AvgIpc) is 3.14. The van der Waals surface area contributed by atoms with Crippen LogP contribution in [0.5, 0.6) is 11.5 Å². The van der Waals surface area contributed by atoms with E-state index in [-0.39, 0.29) is 17.1 Å². The molecule has 1 heterocycles. The lowest BCUT2D eigenvalue weighted by atomic mass is 9.68. The van der Waals surface area contributed by atoms with Crippen LogP contribution in [0.4, 0.5) is 11.4 Å². The van der Waals surface area contributed by atoms with Crippen molar-refractivity contribution in [1.82, 2.24) is 0 Å². The molecule has 2 atom stereocenters. The van der Waals surface area contributed by atoms with E-state index in [0.717, 1.165) is 16.8 Å². The average molecular weight is 559 g/mol. The number of methoxy groups -OCH3 is 1. The summed E-state index contributed by atoms with van der Waals surface area (Å²) < 4.78 is 11.9. The number of nitrogens with zero attached hydrogens (tertiary/aromatic N) is 2. The van der Waals surface area contributed by atoms with Crippen molar-refractivity contribution in [2.45, 2.75) is 39.3 Å². The zero-order valence-electron chi connectivity index (χ0n) is 24.1. The van der Waals surface area contributed by atoms with Gasteiger partial charge in [-0.05, 0) is 59.4 Å². The van der Waals surface area contributed by atoms with Crippen LogP contribution in [0.1, 0.15) is 54.2 Å². The molecule has 2 aliphatic rings. The van der Waals surface area contributed by atoms with Crippen LogP contribution in [0, 0.1) is 11.3 Å². The van der Waals surface area contributed by atoms with E-state index in [2.05, 4.69) is 13.8 Å². The van der Waals surface area contributed by atoms with Crippen LogP contribution in [0.3, 0.4) is 0 Å². The van der Waals surface area contributed by atoms with Gasteiger partial charge in [0.2, 0.25) is 0 Å². The smallest absolute Gasteiger partial charge is 0.258 e. The van der Waals surface area contributed by atoms with Crippen molar-refractivity contribution < 1.29 is 19.1 Å². The van der Waals surface area contributed by atoms with Crippen molar-refractivity contribution in [3.63, 3.8) is 0 Å². The summed E-state index contributed by atoms with van der Waals surface area (Å²) in [6.07, 6.45) is 1.07. The second-order valence-electron chi connectivity index (χ2n) is 11.7. The third kappa shape index (κ3) is 5.32. The molecule has 1 amide bonds. The summed E-state index contributed by atoms with van der Waals surface area (Å²) in [5.41, 5.74) is 4.30. The minimum atomic E-state index is -0.624. The van der Waals surface area contributed by atoms with E-state index in [1.54, 1.807) is 12.0 Å². The van der Waals surface area contributed by atoms with E-state index < -0.39 is 12.0 Å². The molecule has 0 radical (unpaired) electrons. The number of ether oxygens (including phenoxy) is 2. The lowest BCUT2D eigenvalue weighted by molar-refractivity contribution is -0.124. The number of aliphatic imine (C=N–C) groups is 1. The SMILES string of the molecule is COc1cc([C@@H]2[C@H]3C(=O)CC(C)(C)CC3=Nc3ccccc3N2C(=O)c2ccccc2)ccc1OCc1ccccc1. The summed E-state index contributed by atoms with van der Waals surface area (Å²) in [7, 11) is 1.60. The first-order valence-corrected chi connectivity index (χ1v) is 14.3. The van der Waals surface area contributed by atoms with Gasteiger partial charge >= 0.3 is 0 Å². The molecular weight excluding hydrogens is 524 g/mol. The summed E-state index contributed by atoms with van der Waals surface area (Å²) in [5.74, 6) is 0.418. The van der Waals surface area contributed by atoms with Crippen molar-refractivity contribution in [3.05, 3.63) is 120 Å². The molecule has 0 saturated heterocycles. The van der Waals surface area contributed by atoms with E-state index in [1.165, 1.54) is 0 Å². The molecule has 0 unspecified atom stereocenters. The van der Waals surface area contributed by atoms with Crippen LogP contribution in [-0.2, 0) is 11.4 Å². The molecule has 4 aromatic rings. The first-order valence-electron chi connectivity index (χ1n) is 14.3. The molecule has 6 rings (SSSR count). The Morgan fingerprint density at radius 2 is 1.57 bits per heavy atom. The van der Waals surface area contributed by atoms with Crippen LogP contribution >= 0.6 is 0 Å². The van der Waals surface area contributed by atoms with Crippen LogP contribution in [0.2, 0.25) is 0 Å². The van der Waals surface area contributed by atoms with Gasteiger partial charge in [-0.1, -0.05) is 80.6 Å². The molecule has 0 N–H and O–H groups in total. The van der Waals surface area contributed by atoms with E-state index in [0.29, 0.717) is 47.9 Å². The summed E-state index contributed by atoms with van der Waals surface area (Å²) in [4.78, 5) is 35.3. The molecule has 6 nitrogen and oxygen atoms in total. The fourth-order valence-electron chi connectivity index (χ4n) is 6.13. The van der Waals surface area contributed by atoms with Crippen molar-refractivity contribution in [3.8, 4) is 11.5 Å². The first-order chi connectivity index (χ1) is 20.3. The number of carbonyl (C=O) groups is 2. The van der Waals surface area contributed by atoms with Crippen molar-refractivity contribution in [2.24, 2.45) is 16.3 Å². The van der Waals surface area contributed by atoms with Gasteiger partial charge in [0, 0.05) is 17.7 Å². The molecule has 4 aromatic carbocycles. The van der Waals surface area contributed by atoms with E-state index >= 15 is 0 Å². The Morgan fingerprint density at radius 3 is 2.31 bits per heavy atom. The third-order valence-electron chi connectivity index (χ3n) is 8.02. The molecule has 1 aliphatic carbocycles. The Hall–Kier alpha value is -4.71. The van der Waals surface area contributed by atoms with Crippen LogP contribution in [-0.4, -0.2) is 24.5 Å². The van der Waals surface area contributed by atoms with Crippen molar-refractivity contribution in [1.29, 1.82) is 0 Å². The maximum absolute atomic E-state index is 14.4. The second-order valence-corrected chi connectivity index (χ2v) is 11.7. The summed E-state index contributed by atoms with van der Waals surface area (Å²) >= 11 is 0. The number of benzene rings is 4. The van der Waals surface area contributed by atoms with Gasteiger partial charge in [-0.2, -0.15) is 0 Å². The Bertz CT molecular complexity index is 1650. The fourth-order valence-corrected chi connectivity index (χ4v) is 6.13. The Kier molecular flexibility index (Phi) is 7.38. The maximum Gasteiger partial charge on any atom is 0.258 e. The zero-order valence-corrected chi connectivity index (χ0v) is 24.1. The van der Waals surface area contributed by atoms with Gasteiger partial charge in [-0.25, -0.2) is 0 Å². The van der Waals surface area contributed by atoms with Crippen LogP contribution in [0.15, 0.2) is 108 Å². The zero-order chi connectivity index (χ0) is 29.3. The van der Waals surface area contributed by atoms with Gasteiger partial charge in [0.05, 0.1) is 30.4 Å². The molecule has 212 valence electrons. The van der Waals surface area contributed by atoms with Crippen molar-refractivity contribution in [2.75, 3.05) is 12.0 Å². The molecule has 0 bridgehead atoms. The quantitative estimate of drug-likeness (QED) is 0.243. The molecule has 42 heavy (non-hydrogen) atoms. The van der Waals surface area contributed by atoms with Gasteiger partial charge in [-0.15, -0.1) is 0 Å². The Labute approximate surface area is 246 Å². The predicted octanol–water partition coefficient (Wildman–Crippen LogP) is 7.75. The van der Waals surface area contributed by atoms with Gasteiger partial charge in [0.15, 0.2) is 11.5 Å². The predicted molar refractivity (Wildman–Crippen MR) is 165 cm³/mol. The molecule has 1 aliphatic heterocycles. The lowest BCUT2D eigenvalue weighted by Crippen LogP contribution is -2.47. The monoisotopic (exact) mass is 558 g/mol. The normalized spacial score (nSPS) is 19.2. The van der Waals surface area contributed by atoms with E-state index in [9.17, 15) is 9.59 Å². The highest BCUT2D eigenvalue weighted by molar-refractivity contribution is 6.15. The summed E-state index contributed by atoms with van der Waals surface area (Å²) in [6.45, 7) is 4.59.